The number of nitrogen functional groups attached to an aromatic ring is 1. The predicted molar refractivity (Wildman–Crippen MR) is 110 cm³/mol. The van der Waals surface area contributed by atoms with Gasteiger partial charge in [-0.15, -0.1) is 0 Å². The van der Waals surface area contributed by atoms with E-state index in [0.29, 0.717) is 6.61 Å². The molecule has 0 radical (unpaired) electrons. The van der Waals surface area contributed by atoms with Crippen LogP contribution in [0.2, 0.25) is 0 Å². The fourth-order valence-electron chi connectivity index (χ4n) is 3.04. The van der Waals surface area contributed by atoms with Crippen LogP contribution in [0.4, 0.5) is 5.69 Å². The Kier molecular flexibility index (Phi) is 4.88. The topological polar surface area (TPSA) is 63.9 Å². The van der Waals surface area contributed by atoms with Gasteiger partial charge >= 0.3 is 0 Å². The van der Waals surface area contributed by atoms with Crippen molar-refractivity contribution in [1.29, 1.82) is 0 Å². The largest absolute Gasteiger partial charge is 0.493 e. The van der Waals surface area contributed by atoms with Gasteiger partial charge in [-0.2, -0.15) is 5.10 Å². The summed E-state index contributed by atoms with van der Waals surface area (Å²) >= 11 is 0. The summed E-state index contributed by atoms with van der Waals surface area (Å²) in [6, 6.07) is 28.1. The Bertz CT molecular complexity index is 1020. The Morgan fingerprint density at radius 1 is 0.852 bits per heavy atom. The number of para-hydroxylation sites is 1. The van der Waals surface area contributed by atoms with Crippen LogP contribution in [-0.4, -0.2) is 16.8 Å². The second-order valence-electron chi connectivity index (χ2n) is 6.37. The number of H-pyrrole nitrogens is 1. The van der Waals surface area contributed by atoms with Crippen LogP contribution in [0, 0.1) is 0 Å². The third-order valence-corrected chi connectivity index (χ3v) is 4.43. The van der Waals surface area contributed by atoms with Crippen molar-refractivity contribution < 1.29 is 4.74 Å². The number of aromatic amines is 1. The second-order valence-corrected chi connectivity index (χ2v) is 6.37. The molecule has 0 aliphatic carbocycles. The van der Waals surface area contributed by atoms with E-state index in [9.17, 15) is 0 Å². The Balaban J connectivity index is 1.53. The number of hydrogen-bond acceptors (Lipinski definition) is 3. The highest BCUT2D eigenvalue weighted by atomic mass is 16.5. The first-order valence-corrected chi connectivity index (χ1v) is 8.97. The van der Waals surface area contributed by atoms with Gasteiger partial charge in [0.2, 0.25) is 0 Å². The molecular formula is C23H21N3O. The van der Waals surface area contributed by atoms with E-state index >= 15 is 0 Å². The SMILES string of the molecule is Nc1cccc(-c2cc(-c3ccccc3OCCc3ccccc3)[nH]n2)c1. The third kappa shape index (κ3) is 4.01. The van der Waals surface area contributed by atoms with Gasteiger partial charge in [0.25, 0.3) is 0 Å². The molecule has 0 saturated heterocycles. The van der Waals surface area contributed by atoms with Crippen molar-refractivity contribution in [2.75, 3.05) is 12.3 Å². The zero-order valence-electron chi connectivity index (χ0n) is 14.9. The zero-order chi connectivity index (χ0) is 18.5. The van der Waals surface area contributed by atoms with E-state index in [1.807, 2.05) is 72.8 Å². The lowest BCUT2D eigenvalue weighted by atomic mass is 10.1. The maximum atomic E-state index is 6.06. The van der Waals surface area contributed by atoms with Crippen LogP contribution < -0.4 is 10.5 Å². The van der Waals surface area contributed by atoms with Gasteiger partial charge in [0.05, 0.1) is 18.0 Å². The Morgan fingerprint density at radius 2 is 1.67 bits per heavy atom. The summed E-state index contributed by atoms with van der Waals surface area (Å²) in [5.74, 6) is 0.844. The minimum absolute atomic E-state index is 0.622. The van der Waals surface area contributed by atoms with Crippen molar-refractivity contribution in [1.82, 2.24) is 10.2 Å². The number of anilines is 1. The van der Waals surface area contributed by atoms with Crippen LogP contribution in [0.15, 0.2) is 84.9 Å². The maximum absolute atomic E-state index is 6.06. The first kappa shape index (κ1) is 16.9. The number of nitrogens with zero attached hydrogens (tertiary/aromatic N) is 1. The monoisotopic (exact) mass is 355 g/mol. The van der Waals surface area contributed by atoms with Gasteiger partial charge in [-0.3, -0.25) is 5.10 Å². The highest BCUT2D eigenvalue weighted by molar-refractivity contribution is 5.73. The zero-order valence-corrected chi connectivity index (χ0v) is 14.9. The van der Waals surface area contributed by atoms with E-state index < -0.39 is 0 Å². The molecule has 3 aromatic carbocycles. The lowest BCUT2D eigenvalue weighted by molar-refractivity contribution is 0.323. The molecule has 0 fully saturated rings. The van der Waals surface area contributed by atoms with Crippen molar-refractivity contribution in [2.45, 2.75) is 6.42 Å². The van der Waals surface area contributed by atoms with E-state index in [1.165, 1.54) is 5.56 Å². The highest BCUT2D eigenvalue weighted by Gasteiger charge is 2.10. The molecule has 0 aliphatic rings. The quantitative estimate of drug-likeness (QED) is 0.481. The highest BCUT2D eigenvalue weighted by Crippen LogP contribution is 2.31. The van der Waals surface area contributed by atoms with Crippen LogP contribution in [-0.2, 0) is 6.42 Å². The average Bonchev–Trinajstić information content (AvgIpc) is 3.19. The molecule has 0 atom stereocenters. The van der Waals surface area contributed by atoms with Gasteiger partial charge in [0.15, 0.2) is 0 Å². The molecule has 0 unspecified atom stereocenters. The minimum atomic E-state index is 0.622. The Hall–Kier alpha value is -3.53. The molecule has 0 bridgehead atoms. The molecule has 0 aliphatic heterocycles. The number of aromatic nitrogens is 2. The molecule has 4 aromatic rings. The Morgan fingerprint density at radius 3 is 2.52 bits per heavy atom. The summed E-state index contributed by atoms with van der Waals surface area (Å²) in [6.07, 6.45) is 0.868. The fourth-order valence-corrected chi connectivity index (χ4v) is 3.04. The Labute approximate surface area is 158 Å². The standard InChI is InChI=1S/C23H21N3O/c24-19-10-6-9-18(15-19)21-16-22(26-25-21)20-11-4-5-12-23(20)27-14-13-17-7-2-1-3-8-17/h1-12,15-16H,13-14,24H2,(H,25,26). The predicted octanol–water partition coefficient (Wildman–Crippen LogP) is 4.95. The lowest BCUT2D eigenvalue weighted by Crippen LogP contribution is -2.02. The van der Waals surface area contributed by atoms with E-state index in [2.05, 4.69) is 22.3 Å². The molecule has 134 valence electrons. The maximum Gasteiger partial charge on any atom is 0.128 e. The summed E-state index contributed by atoms with van der Waals surface area (Å²) in [5.41, 5.74) is 11.6. The number of nitrogens with two attached hydrogens (primary N) is 1. The van der Waals surface area contributed by atoms with Crippen molar-refractivity contribution in [3.63, 3.8) is 0 Å². The number of nitrogens with one attached hydrogen (secondary N) is 1. The van der Waals surface area contributed by atoms with Gasteiger partial charge in [-0.1, -0.05) is 54.6 Å². The number of rotatable bonds is 6. The van der Waals surface area contributed by atoms with E-state index in [1.54, 1.807) is 0 Å². The van der Waals surface area contributed by atoms with Gasteiger partial charge in [-0.05, 0) is 35.9 Å². The summed E-state index contributed by atoms with van der Waals surface area (Å²) < 4.78 is 6.06. The van der Waals surface area contributed by atoms with Crippen molar-refractivity contribution in [2.24, 2.45) is 0 Å². The number of benzene rings is 3. The first-order valence-electron chi connectivity index (χ1n) is 8.97. The fraction of sp³-hybridized carbons (Fsp3) is 0.0870. The normalized spacial score (nSPS) is 10.7. The molecule has 0 spiro atoms. The summed E-state index contributed by atoms with van der Waals surface area (Å²) in [6.45, 7) is 0.622. The van der Waals surface area contributed by atoms with E-state index in [0.717, 1.165) is 40.4 Å². The lowest BCUT2D eigenvalue weighted by Gasteiger charge is -2.10. The van der Waals surface area contributed by atoms with Crippen molar-refractivity contribution >= 4 is 5.69 Å². The molecule has 1 heterocycles. The number of ether oxygens (including phenoxy) is 1. The van der Waals surface area contributed by atoms with Crippen LogP contribution in [0.1, 0.15) is 5.56 Å². The molecule has 4 rings (SSSR count). The van der Waals surface area contributed by atoms with Crippen LogP contribution in [0.25, 0.3) is 22.5 Å². The van der Waals surface area contributed by atoms with Crippen LogP contribution >= 0.6 is 0 Å². The van der Waals surface area contributed by atoms with Crippen molar-refractivity contribution in [3.8, 4) is 28.3 Å². The number of hydrogen-bond donors (Lipinski definition) is 2. The van der Waals surface area contributed by atoms with Crippen LogP contribution in [0.3, 0.4) is 0 Å². The van der Waals surface area contributed by atoms with E-state index in [4.69, 9.17) is 10.5 Å². The molecule has 1 aromatic heterocycles. The summed E-state index contributed by atoms with van der Waals surface area (Å²) in [5, 5.41) is 7.55. The smallest absolute Gasteiger partial charge is 0.128 e. The van der Waals surface area contributed by atoms with E-state index in [-0.39, 0.29) is 0 Å². The molecule has 4 heteroatoms. The third-order valence-electron chi connectivity index (χ3n) is 4.43. The summed E-state index contributed by atoms with van der Waals surface area (Å²) in [4.78, 5) is 0. The molecule has 4 nitrogen and oxygen atoms in total. The van der Waals surface area contributed by atoms with Gasteiger partial charge < -0.3 is 10.5 Å². The molecule has 0 saturated carbocycles. The molecule has 3 N–H and O–H groups in total. The minimum Gasteiger partial charge on any atom is -0.493 e. The van der Waals surface area contributed by atoms with Gasteiger partial charge in [0, 0.05) is 23.2 Å². The van der Waals surface area contributed by atoms with Crippen LogP contribution in [0.5, 0.6) is 5.75 Å². The molecular weight excluding hydrogens is 334 g/mol. The van der Waals surface area contributed by atoms with Gasteiger partial charge in [-0.25, -0.2) is 0 Å². The average molecular weight is 355 g/mol. The second kappa shape index (κ2) is 7.79. The van der Waals surface area contributed by atoms with Gasteiger partial charge in [0.1, 0.15) is 5.75 Å². The summed E-state index contributed by atoms with van der Waals surface area (Å²) in [7, 11) is 0. The molecule has 27 heavy (non-hydrogen) atoms. The van der Waals surface area contributed by atoms with Crippen molar-refractivity contribution in [3.05, 3.63) is 90.5 Å². The first-order chi connectivity index (χ1) is 13.3. The molecule has 0 amide bonds.